The molecule has 4 aromatic heterocycles. The average Bonchev–Trinajstić information content (AvgIpc) is 0.749. The summed E-state index contributed by atoms with van der Waals surface area (Å²) in [6.45, 7) is 50.5. The van der Waals surface area contributed by atoms with Crippen LogP contribution in [0.2, 0.25) is 0 Å². The van der Waals surface area contributed by atoms with Crippen LogP contribution in [-0.4, -0.2) is 85.2 Å². The average molecular weight is 2620 g/mol. The Morgan fingerprint density at radius 3 is 0.986 bits per heavy atom. The molecule has 0 aliphatic heterocycles. The number of aliphatic hydroxyl groups is 8. The third kappa shape index (κ3) is 30.8. The predicted molar refractivity (Wildman–Crippen MR) is 578 cm³/mol. The maximum atomic E-state index is 9.47. The van der Waals surface area contributed by atoms with Gasteiger partial charge < -0.3 is 40.9 Å². The zero-order chi connectivity index (χ0) is 100. The molecule has 4 aliphatic rings. The van der Waals surface area contributed by atoms with Crippen molar-refractivity contribution in [3.8, 4) is 56.2 Å². The van der Waals surface area contributed by atoms with E-state index in [9.17, 15) is 30.6 Å². The van der Waals surface area contributed by atoms with E-state index in [0.29, 0.717) is 36.0 Å². The number of benzene rings is 10. The third-order valence-corrected chi connectivity index (χ3v) is 26.3. The Labute approximate surface area is 901 Å². The second-order valence-corrected chi connectivity index (χ2v) is 39.6. The molecule has 14 aromatic rings. The molecule has 18 rings (SSSR count). The van der Waals surface area contributed by atoms with Crippen LogP contribution in [-0.2, 0) is 151 Å². The van der Waals surface area contributed by atoms with E-state index >= 15 is 0 Å². The van der Waals surface area contributed by atoms with Crippen LogP contribution in [0.1, 0.15) is 239 Å². The van der Waals surface area contributed by atoms with Crippen molar-refractivity contribution in [3.63, 3.8) is 0 Å². The first-order valence-corrected chi connectivity index (χ1v) is 49.9. The molecule has 4 aliphatic carbocycles. The summed E-state index contributed by atoms with van der Waals surface area (Å²) in [5, 5.41) is 78.3. The van der Waals surface area contributed by atoms with E-state index in [1.54, 1.807) is 26.8 Å². The van der Waals surface area contributed by atoms with E-state index in [-0.39, 0.29) is 110 Å². The topological polar surface area (TPSA) is 213 Å². The van der Waals surface area contributed by atoms with Gasteiger partial charge in [0.2, 0.25) is 0 Å². The van der Waals surface area contributed by atoms with Gasteiger partial charge in [-0.1, -0.05) is 301 Å². The Morgan fingerprint density at radius 1 is 0.366 bits per heavy atom. The molecule has 0 saturated heterocycles. The van der Waals surface area contributed by atoms with Crippen molar-refractivity contribution in [2.75, 3.05) is 0 Å². The van der Waals surface area contributed by atoms with Crippen molar-refractivity contribution >= 4 is 49.2 Å². The minimum Gasteiger partial charge on any atom is -0.513 e. The van der Waals surface area contributed by atoms with Gasteiger partial charge >= 0.3 is 0 Å². The van der Waals surface area contributed by atoms with Gasteiger partial charge in [-0.05, 0) is 220 Å². The van der Waals surface area contributed by atoms with Gasteiger partial charge in [-0.3, -0.25) is 19.9 Å². The van der Waals surface area contributed by atoms with Gasteiger partial charge in [0.25, 0.3) is 0 Å². The molecule has 4 unspecified atom stereocenters. The summed E-state index contributed by atoms with van der Waals surface area (Å²) in [4.78, 5) is 20.2. The van der Waals surface area contributed by atoms with Crippen molar-refractivity contribution in [3.05, 3.63) is 358 Å². The summed E-state index contributed by atoms with van der Waals surface area (Å²) < 4.78 is 0. The molecule has 8 N–H and O–H groups in total. The molecule has 4 radical (unpaired) electrons. The number of hydrogen-bond acceptors (Lipinski definition) is 12. The van der Waals surface area contributed by atoms with Gasteiger partial charge in [-0.15, -0.1) is 138 Å². The molecule has 0 fully saturated rings. The van der Waals surface area contributed by atoms with Crippen LogP contribution in [0.25, 0.3) is 105 Å². The van der Waals surface area contributed by atoms with E-state index < -0.39 is 24.4 Å². The summed E-state index contributed by atoms with van der Waals surface area (Å²) >= 11 is 0. The van der Waals surface area contributed by atoms with Gasteiger partial charge in [0.05, 0.1) is 69.5 Å². The fraction of sp³-hybridized carbons (Fsp3) is 0.365. The van der Waals surface area contributed by atoms with Gasteiger partial charge in [0, 0.05) is 120 Å². The maximum Gasteiger partial charge on any atom is 0.0955 e. The smallest absolute Gasteiger partial charge is 0.0955 e. The Bertz CT molecular complexity index is 6420. The fourth-order valence-electron chi connectivity index (χ4n) is 19.5. The fourth-order valence-corrected chi connectivity index (χ4v) is 19.5. The third-order valence-electron chi connectivity index (χ3n) is 26.3. The number of rotatable bonds is 15. The summed E-state index contributed by atoms with van der Waals surface area (Å²) in [6.07, 6.45) is 15.4. The zero-order valence-electron chi connectivity index (χ0n) is 87.9. The number of hydrogen-bond donors (Lipinski definition) is 8. The van der Waals surface area contributed by atoms with E-state index in [1.165, 1.54) is 191 Å². The number of pyridine rings is 4. The van der Waals surface area contributed by atoms with Crippen molar-refractivity contribution < 1.29 is 121 Å². The zero-order valence-corrected chi connectivity index (χ0v) is 97.5. The standard InChI is InChI=1S/C27H24N.3C21H20N.C11H14O2.C11H22O2.C9H18O2.C5H10O2.4Ir/c1-16-13-19(4)21-12-11-20-15-23-22(26-17(2)7-5-8-18(26)3)9-6-10-25(23)28-27(20)24(21)14-16;3*1-4-15-6-5-7-20-18(15)12-16-8-9-17-14(3)10-13(2)11-19(17)21(16)22-20;1-8(12)11(9(2)13)10-6-4-3-5-7-10;1-8(2)5-10(12)7-11(13)6-9(3)4;1-6(2)8(10)5-9(11)7(3)4;1-4(6)3-5(2)7;;;;/h5-10,13,15H,11-12H2,1-4H3;3*5-7,10,12H,4,8-9H2,1-3H3;3-8,12-13H,1-2H3;7-10,12-13H,5-6H2,1-4H3;5-8,10-11H,1-4H3;3-4,6-7H,1-2H3;;;;/q4*-1;;;;;;;;. The van der Waals surface area contributed by atoms with Crippen LogP contribution in [0.4, 0.5) is 0 Å². The Morgan fingerprint density at radius 2 is 0.697 bits per heavy atom. The second-order valence-electron chi connectivity index (χ2n) is 39.6. The Kier molecular flexibility index (Phi) is 46.3. The molecule has 16 heteroatoms. The van der Waals surface area contributed by atoms with Crippen LogP contribution >= 0.6 is 0 Å². The van der Waals surface area contributed by atoms with Crippen LogP contribution in [0.5, 0.6) is 0 Å². The summed E-state index contributed by atoms with van der Waals surface area (Å²) in [6, 6.07) is 74.5. The molecular formula is C126H148Ir4N4O8-4. The molecule has 10 aromatic carbocycles. The summed E-state index contributed by atoms with van der Waals surface area (Å²) in [5.74, 6) is 2.06. The number of allylic oxidation sites excluding steroid dienone is 4. The van der Waals surface area contributed by atoms with Crippen LogP contribution in [0, 0.1) is 117 Å². The number of nitrogens with zero attached hydrogens (tertiary/aromatic N) is 4. The normalized spacial score (nSPS) is 13.4. The van der Waals surface area contributed by atoms with Gasteiger partial charge in [-0.25, -0.2) is 0 Å². The molecule has 4 heterocycles. The van der Waals surface area contributed by atoms with Gasteiger partial charge in [-0.2, -0.15) is 0 Å². The molecule has 0 amide bonds. The quantitative estimate of drug-likeness (QED) is 0.0356. The number of aromatic nitrogens is 4. The molecule has 142 heavy (non-hydrogen) atoms. The van der Waals surface area contributed by atoms with E-state index in [4.69, 9.17) is 30.1 Å². The number of aryl methyl sites for hydroxylation is 17. The van der Waals surface area contributed by atoms with Crippen LogP contribution in [0.15, 0.2) is 211 Å². The molecule has 0 bridgehead atoms. The van der Waals surface area contributed by atoms with Crippen molar-refractivity contribution in [2.45, 2.75) is 281 Å². The van der Waals surface area contributed by atoms with Crippen molar-refractivity contribution in [2.24, 2.45) is 23.7 Å². The van der Waals surface area contributed by atoms with Crippen LogP contribution < -0.4 is 0 Å². The first-order valence-electron chi connectivity index (χ1n) is 49.9. The van der Waals surface area contributed by atoms with Gasteiger partial charge in [0.1, 0.15) is 0 Å². The van der Waals surface area contributed by atoms with E-state index in [0.717, 1.165) is 121 Å². The molecule has 12 nitrogen and oxygen atoms in total. The summed E-state index contributed by atoms with van der Waals surface area (Å²) in [7, 11) is 0. The van der Waals surface area contributed by atoms with Gasteiger partial charge in [0.15, 0.2) is 0 Å². The Balaban J connectivity index is 0.000000226. The molecule has 760 valence electrons. The first-order chi connectivity index (χ1) is 65.6. The molecule has 4 atom stereocenters. The predicted octanol–water partition coefficient (Wildman–Crippen LogP) is 29.8. The van der Waals surface area contributed by atoms with E-state index in [2.05, 4.69) is 268 Å². The molecule has 0 spiro atoms. The monoisotopic (exact) mass is 2620 g/mol. The van der Waals surface area contributed by atoms with Crippen LogP contribution in [0.3, 0.4) is 0 Å². The number of aliphatic hydroxyl groups excluding tert-OH is 8. The maximum absolute atomic E-state index is 9.47. The van der Waals surface area contributed by atoms with E-state index in [1.807, 2.05) is 71.9 Å². The van der Waals surface area contributed by atoms with Crippen molar-refractivity contribution in [1.82, 2.24) is 19.9 Å². The second kappa shape index (κ2) is 55.1. The minimum absolute atomic E-state index is 0. The first kappa shape index (κ1) is 119. The molecular weight excluding hydrogens is 2470 g/mol. The minimum atomic E-state index is -0.646. The number of fused-ring (bicyclic) bond motifs is 16. The Hall–Kier alpha value is -9.56. The largest absolute Gasteiger partial charge is 0.513 e. The van der Waals surface area contributed by atoms with Crippen molar-refractivity contribution in [1.29, 1.82) is 0 Å². The summed E-state index contributed by atoms with van der Waals surface area (Å²) in [5.41, 5.74) is 46.2. The molecule has 0 saturated carbocycles. The SMILES string of the molecule is CC(C)C(O)=CC(O)C(C)C.CC(C)CC(O)=CC(O)CC(C)C.CC(O)=C(c1ccccc1)C(C)O.CC(O)=CC(C)O.CCc1cccc2nc3c(cc12)CCc1c-3[c-]c(C)cc1C.CCc1cccc2nc3c(cc12)CCc1c-3[c-]c(C)cc1C.CCc1cccc2nc3c(cc12)CCc1c-3[c-]c(C)cc1C.Cc1[c-]c2c(c(C)c1)CCc1cc3c(-c4c(C)cccc4C)cccc3nc1-2.[Ir].[Ir].[Ir].[Ir].